The van der Waals surface area contributed by atoms with E-state index in [9.17, 15) is 34.5 Å². The Bertz CT molecular complexity index is 1900. The number of ketones is 1. The summed E-state index contributed by atoms with van der Waals surface area (Å²) in [6.07, 6.45) is 25.4. The van der Waals surface area contributed by atoms with Gasteiger partial charge < -0.3 is 39.0 Å². The molecule has 0 aromatic carbocycles. The van der Waals surface area contributed by atoms with E-state index in [0.29, 0.717) is 44.4 Å². The largest absolute Gasteiger partial charge is 0.460 e. The van der Waals surface area contributed by atoms with Gasteiger partial charge in [-0.25, -0.2) is 9.59 Å². The maximum Gasteiger partial charge on any atom is 0.331 e. The van der Waals surface area contributed by atoms with Crippen molar-refractivity contribution in [2.24, 2.45) is 35.5 Å². The first-order valence-corrected chi connectivity index (χ1v) is 25.9. The van der Waals surface area contributed by atoms with Crippen LogP contribution in [0.2, 0.25) is 0 Å². The quantitative estimate of drug-likeness (QED) is 0.138. The van der Waals surface area contributed by atoms with Crippen molar-refractivity contribution in [1.29, 1.82) is 0 Å². The molecule has 0 spiro atoms. The Morgan fingerprint density at radius 3 is 2.16 bits per heavy atom. The van der Waals surface area contributed by atoms with Crippen molar-refractivity contribution in [1.82, 2.24) is 0 Å². The smallest absolute Gasteiger partial charge is 0.331 e. The van der Waals surface area contributed by atoms with Gasteiger partial charge in [-0.05, 0) is 81.6 Å². The molecular formula is C58H88O12. The van der Waals surface area contributed by atoms with Crippen LogP contribution in [0.25, 0.3) is 0 Å². The van der Waals surface area contributed by atoms with Crippen LogP contribution in [0, 0.1) is 35.5 Å². The number of hydrogen-bond acceptors (Lipinski definition) is 12. The molecule has 0 fully saturated rings. The van der Waals surface area contributed by atoms with Crippen LogP contribution in [0.4, 0.5) is 0 Å². The fraction of sp³-hybridized carbons (Fsp3) is 0.655. The molecule has 0 saturated carbocycles. The number of esters is 3. The molecule has 13 unspecified atom stereocenters. The molecule has 70 heavy (non-hydrogen) atoms. The summed E-state index contributed by atoms with van der Waals surface area (Å²) in [5.74, 6) is -0.933. The molecule has 0 saturated heterocycles. The lowest BCUT2D eigenvalue weighted by atomic mass is 9.82. The molecule has 0 aliphatic carbocycles. The first-order chi connectivity index (χ1) is 33.3. The van der Waals surface area contributed by atoms with Crippen LogP contribution in [-0.4, -0.2) is 103 Å². The van der Waals surface area contributed by atoms with Gasteiger partial charge in [0.25, 0.3) is 0 Å². The van der Waals surface area contributed by atoms with E-state index in [-0.39, 0.29) is 79.7 Å². The fourth-order valence-corrected chi connectivity index (χ4v) is 9.57. The molecule has 0 aromatic heterocycles. The number of carbonyl (C=O) groups excluding carboxylic acids is 4. The topological polar surface area (TPSA) is 175 Å². The molecule has 3 aliphatic rings. The normalized spacial score (nSPS) is 33.4. The maximum atomic E-state index is 13.1. The van der Waals surface area contributed by atoms with Crippen LogP contribution in [0.5, 0.6) is 0 Å². The molecule has 392 valence electrons. The van der Waals surface area contributed by atoms with Crippen molar-refractivity contribution < 1.29 is 58.2 Å². The molecule has 12 nitrogen and oxygen atoms in total. The zero-order valence-electron chi connectivity index (χ0n) is 44.1. The third-order valence-electron chi connectivity index (χ3n) is 14.3. The zero-order valence-corrected chi connectivity index (χ0v) is 44.1. The number of cyclic esters (lactones) is 1. The van der Waals surface area contributed by atoms with Crippen molar-refractivity contribution in [3.8, 4) is 0 Å². The number of carbonyl (C=O) groups is 4. The highest BCUT2D eigenvalue weighted by molar-refractivity contribution is 5.88. The van der Waals surface area contributed by atoms with Crippen molar-refractivity contribution >= 4 is 23.7 Å². The lowest BCUT2D eigenvalue weighted by molar-refractivity contribution is -0.152. The molecule has 13 atom stereocenters. The Hall–Kier alpha value is -4.20. The first kappa shape index (κ1) is 60.1. The average molecular weight is 977 g/mol. The highest BCUT2D eigenvalue weighted by Crippen LogP contribution is 2.32. The van der Waals surface area contributed by atoms with Crippen LogP contribution in [-0.2, 0) is 42.9 Å². The summed E-state index contributed by atoms with van der Waals surface area (Å²) in [6, 6.07) is 0. The van der Waals surface area contributed by atoms with Gasteiger partial charge in [0, 0.05) is 70.8 Å². The summed E-state index contributed by atoms with van der Waals surface area (Å²) in [5, 5.41) is 33.0. The second kappa shape index (κ2) is 32.0. The van der Waals surface area contributed by atoms with E-state index < -0.39 is 48.6 Å². The minimum Gasteiger partial charge on any atom is -0.460 e. The molecule has 4 bridgehead atoms. The van der Waals surface area contributed by atoms with Crippen LogP contribution >= 0.6 is 0 Å². The first-order valence-electron chi connectivity index (χ1n) is 25.9. The van der Waals surface area contributed by atoms with Gasteiger partial charge in [0.1, 0.15) is 24.1 Å². The summed E-state index contributed by atoms with van der Waals surface area (Å²) in [7, 11) is 3.23. The van der Waals surface area contributed by atoms with Gasteiger partial charge in [-0.3, -0.25) is 9.59 Å². The van der Waals surface area contributed by atoms with E-state index in [1.54, 1.807) is 20.3 Å². The van der Waals surface area contributed by atoms with Crippen molar-refractivity contribution in [2.45, 2.75) is 188 Å². The van der Waals surface area contributed by atoms with Gasteiger partial charge in [-0.15, -0.1) is 0 Å². The highest BCUT2D eigenvalue weighted by atomic mass is 16.6. The predicted molar refractivity (Wildman–Crippen MR) is 275 cm³/mol. The Balaban J connectivity index is 1.74. The van der Waals surface area contributed by atoms with Crippen molar-refractivity contribution in [3.63, 3.8) is 0 Å². The fourth-order valence-electron chi connectivity index (χ4n) is 9.57. The minimum atomic E-state index is -0.880. The van der Waals surface area contributed by atoms with Gasteiger partial charge in [0.15, 0.2) is 0 Å². The van der Waals surface area contributed by atoms with Gasteiger partial charge in [0.05, 0.1) is 37.4 Å². The van der Waals surface area contributed by atoms with E-state index in [1.165, 1.54) is 12.2 Å². The monoisotopic (exact) mass is 977 g/mol. The van der Waals surface area contributed by atoms with Gasteiger partial charge in [0.2, 0.25) is 0 Å². The number of methoxy groups -OCH3 is 2. The van der Waals surface area contributed by atoms with E-state index in [0.717, 1.165) is 48.0 Å². The van der Waals surface area contributed by atoms with Crippen LogP contribution < -0.4 is 0 Å². The number of hydrogen-bond donors (Lipinski definition) is 3. The summed E-state index contributed by atoms with van der Waals surface area (Å²) in [4.78, 5) is 51.4. The molecule has 3 heterocycles. The minimum absolute atomic E-state index is 0.0207. The number of allylic oxidation sites excluding steroid dienone is 8. The Kier molecular flexibility index (Phi) is 27.5. The zero-order chi connectivity index (χ0) is 51.8. The summed E-state index contributed by atoms with van der Waals surface area (Å²) in [5.41, 5.74) is 3.55. The number of aliphatic hydroxyl groups is 3. The van der Waals surface area contributed by atoms with Gasteiger partial charge in [-0.1, -0.05) is 131 Å². The lowest BCUT2D eigenvalue weighted by Gasteiger charge is -2.31. The molecule has 3 N–H and O–H groups in total. The summed E-state index contributed by atoms with van der Waals surface area (Å²) in [6.45, 7) is 16.4. The Morgan fingerprint density at radius 1 is 0.729 bits per heavy atom. The molecule has 3 aliphatic heterocycles. The third kappa shape index (κ3) is 22.9. The van der Waals surface area contributed by atoms with Crippen molar-refractivity contribution in [2.75, 3.05) is 20.8 Å². The van der Waals surface area contributed by atoms with Gasteiger partial charge in [-0.2, -0.15) is 0 Å². The number of Topliss-reactive ketones (excluding diaryl/α,β-unsaturated/α-hetero) is 1. The summed E-state index contributed by atoms with van der Waals surface area (Å²) < 4.78 is 28.6. The SMILES string of the molecule is CCC1CC=CC=CCC(=O)CC2=CC(=O)OC(C2)CC(OC)C(C)CCC(C)C(C)C(O)CC(O)C=CCC2=CC(=O)OC(C=C(C)CC(COC)OC(=O)CC(C)C=CC=C(C)CC(O)C1)C2C. The number of fused-ring (bicyclic) bond motifs is 4. The van der Waals surface area contributed by atoms with Crippen LogP contribution in [0.3, 0.4) is 0 Å². The highest BCUT2D eigenvalue weighted by Gasteiger charge is 2.31. The third-order valence-corrected chi connectivity index (χ3v) is 14.3. The molecule has 3 rings (SSSR count). The molecular weight excluding hydrogens is 889 g/mol. The number of ether oxygens (including phenoxy) is 5. The van der Waals surface area contributed by atoms with Crippen LogP contribution in [0.1, 0.15) is 145 Å². The van der Waals surface area contributed by atoms with Gasteiger partial charge >= 0.3 is 17.9 Å². The molecule has 0 radical (unpaired) electrons. The van der Waals surface area contributed by atoms with Crippen LogP contribution in [0.15, 0.2) is 95.2 Å². The summed E-state index contributed by atoms with van der Waals surface area (Å²) >= 11 is 0. The van der Waals surface area contributed by atoms with E-state index in [1.807, 2.05) is 83.2 Å². The van der Waals surface area contributed by atoms with Crippen molar-refractivity contribution in [3.05, 3.63) is 95.2 Å². The molecule has 12 heteroatoms. The Morgan fingerprint density at radius 2 is 1.44 bits per heavy atom. The number of rotatable bonds is 4. The molecule has 0 amide bonds. The van der Waals surface area contributed by atoms with E-state index >= 15 is 0 Å². The predicted octanol–water partition coefficient (Wildman–Crippen LogP) is 10.3. The lowest BCUT2D eigenvalue weighted by Crippen LogP contribution is -2.32. The molecule has 0 aromatic rings. The maximum absolute atomic E-state index is 13.1. The average Bonchev–Trinajstić information content (AvgIpc) is 3.28. The van der Waals surface area contributed by atoms with E-state index in [4.69, 9.17) is 23.7 Å². The standard InChI is InChI=1S/C58H88O12/c1-11-45-20-14-12-13-15-22-48(59)31-46-32-51(68-57(64)33-46)36-54(67-10)42(6)25-24-41(5)43(7)53(62)35-49(60)23-17-21-47-34-58(65)70-55(44(47)8)28-40(4)27-52(37-66-9)69-56(63)29-39(3)19-16-18-38(2)26-50(61)30-45/h12-19,23,28,33-34,39,41-45,49-55,60-62H,11,20-22,24-27,29-32,35-37H2,1-10H3. The number of aliphatic hydroxyl groups excluding tert-OH is 3. The Labute approximate surface area is 420 Å². The second-order valence-electron chi connectivity index (χ2n) is 20.6. The second-order valence-corrected chi connectivity index (χ2v) is 20.6. The van der Waals surface area contributed by atoms with E-state index in [2.05, 4.69) is 26.8 Å².